The van der Waals surface area contributed by atoms with Gasteiger partial charge in [-0.1, -0.05) is 42.5 Å². The van der Waals surface area contributed by atoms with E-state index in [0.29, 0.717) is 25.5 Å². The van der Waals surface area contributed by atoms with Gasteiger partial charge in [-0.3, -0.25) is 4.68 Å². The summed E-state index contributed by atoms with van der Waals surface area (Å²) in [4.78, 5) is 23.6. The van der Waals surface area contributed by atoms with Gasteiger partial charge in [0, 0.05) is 55.9 Å². The smallest absolute Gasteiger partial charge is 0.382 e. The van der Waals surface area contributed by atoms with Crippen LogP contribution in [0.3, 0.4) is 0 Å². The largest absolute Gasteiger partial charge is 0.428 e. The van der Waals surface area contributed by atoms with Crippen LogP contribution in [0.4, 0.5) is 10.6 Å². The van der Waals surface area contributed by atoms with Gasteiger partial charge in [0.1, 0.15) is 11.8 Å². The molecule has 4 heterocycles. The van der Waals surface area contributed by atoms with Crippen LogP contribution in [0.2, 0.25) is 0 Å². The van der Waals surface area contributed by atoms with Crippen molar-refractivity contribution >= 4 is 28.3 Å². The molecule has 1 aliphatic heterocycles. The molecular formula is C27H28N8O2. The first-order valence-electron chi connectivity index (χ1n) is 12.2. The summed E-state index contributed by atoms with van der Waals surface area (Å²) in [7, 11) is 3.39. The number of nitrogen functional groups attached to an aromatic ring is 1. The maximum atomic E-state index is 12.4. The monoisotopic (exact) mass is 496 g/mol. The Bertz CT molecular complexity index is 1590. The number of aromatic nitrogens is 5. The number of nitrogens with two attached hydrogens (primary N) is 1. The van der Waals surface area contributed by atoms with Crippen LogP contribution in [0.1, 0.15) is 23.6 Å². The number of nitrogens with zero attached hydrogens (tertiary/aromatic N) is 7. The van der Waals surface area contributed by atoms with Gasteiger partial charge in [0.15, 0.2) is 5.82 Å². The standard InChI is InChI=1S/C27H28N8O2/c1-32(2)37-27(36)33-11-10-21(15-33)24-13-22(25-26(28)29-17-30-35(24)25)19-8-9-20-16-34(31-23(20)12-19)14-18-6-4-3-5-7-18/h3-9,12-13,16-17,21H,10-11,14-15H2,1-2H3,(H2,28,29,30). The van der Waals surface area contributed by atoms with Gasteiger partial charge in [-0.25, -0.2) is 14.3 Å². The molecule has 10 heteroatoms. The number of rotatable bonds is 5. The van der Waals surface area contributed by atoms with Crippen molar-refractivity contribution in [1.29, 1.82) is 0 Å². The third kappa shape index (κ3) is 4.36. The zero-order chi connectivity index (χ0) is 25.5. The second-order valence-electron chi connectivity index (χ2n) is 9.58. The number of hydrogen-bond acceptors (Lipinski definition) is 7. The highest BCUT2D eigenvalue weighted by molar-refractivity contribution is 5.92. The molecular weight excluding hydrogens is 468 g/mol. The summed E-state index contributed by atoms with van der Waals surface area (Å²) in [5, 5.41) is 11.8. The van der Waals surface area contributed by atoms with Crippen molar-refractivity contribution in [2.45, 2.75) is 18.9 Å². The molecule has 6 rings (SSSR count). The van der Waals surface area contributed by atoms with Crippen LogP contribution in [0.25, 0.3) is 27.5 Å². The van der Waals surface area contributed by atoms with Gasteiger partial charge in [-0.05, 0) is 29.7 Å². The number of amides is 1. The number of hydroxylamine groups is 2. The minimum absolute atomic E-state index is 0.0964. The summed E-state index contributed by atoms with van der Waals surface area (Å²) in [5.74, 6) is 0.506. The van der Waals surface area contributed by atoms with Crippen LogP contribution in [-0.4, -0.2) is 67.6 Å². The maximum absolute atomic E-state index is 12.4. The molecule has 3 aromatic heterocycles. The fraction of sp³-hybridized carbons (Fsp3) is 0.259. The van der Waals surface area contributed by atoms with Gasteiger partial charge in [-0.15, -0.1) is 5.06 Å². The third-order valence-corrected chi connectivity index (χ3v) is 6.79. The molecule has 1 unspecified atom stereocenters. The first kappa shape index (κ1) is 23.0. The van der Waals surface area contributed by atoms with Crippen LogP contribution in [0.15, 0.2) is 67.1 Å². The number of benzene rings is 2. The Balaban J connectivity index is 1.35. The predicted molar refractivity (Wildman–Crippen MR) is 141 cm³/mol. The SMILES string of the molecule is CN(C)OC(=O)N1CCC(c2cc(-c3ccc4cn(Cc5ccccc5)nc4c3)c3c(N)ncnn23)C1. The minimum atomic E-state index is -0.348. The van der Waals surface area contributed by atoms with E-state index >= 15 is 0 Å². The summed E-state index contributed by atoms with van der Waals surface area (Å²) in [5.41, 5.74) is 12.2. The molecule has 1 amide bonds. The van der Waals surface area contributed by atoms with Gasteiger partial charge in [0.05, 0.1) is 12.1 Å². The Morgan fingerprint density at radius 2 is 2.00 bits per heavy atom. The molecule has 0 spiro atoms. The second kappa shape index (κ2) is 9.21. The lowest BCUT2D eigenvalue weighted by Gasteiger charge is -2.18. The van der Waals surface area contributed by atoms with Crippen LogP contribution < -0.4 is 5.73 Å². The number of carbonyl (C=O) groups is 1. The van der Waals surface area contributed by atoms with Crippen LogP contribution >= 0.6 is 0 Å². The normalized spacial score (nSPS) is 15.8. The van der Waals surface area contributed by atoms with Crippen molar-refractivity contribution in [2.75, 3.05) is 32.9 Å². The Morgan fingerprint density at radius 1 is 1.16 bits per heavy atom. The van der Waals surface area contributed by atoms with Crippen LogP contribution in [0, 0.1) is 0 Å². The fourth-order valence-corrected chi connectivity index (χ4v) is 5.07. The summed E-state index contributed by atoms with van der Waals surface area (Å²) in [6.07, 6.45) is 3.99. The summed E-state index contributed by atoms with van der Waals surface area (Å²) in [6.45, 7) is 1.87. The van der Waals surface area contributed by atoms with Crippen molar-refractivity contribution in [1.82, 2.24) is 34.3 Å². The molecule has 37 heavy (non-hydrogen) atoms. The molecule has 1 fully saturated rings. The molecule has 2 aromatic carbocycles. The van der Waals surface area contributed by atoms with Gasteiger partial charge in [0.25, 0.3) is 0 Å². The van der Waals surface area contributed by atoms with Crippen LogP contribution in [0.5, 0.6) is 0 Å². The molecule has 1 aliphatic rings. The Morgan fingerprint density at radius 3 is 2.81 bits per heavy atom. The second-order valence-corrected chi connectivity index (χ2v) is 9.58. The molecule has 0 radical (unpaired) electrons. The van der Waals surface area contributed by atoms with E-state index in [2.05, 4.69) is 52.7 Å². The van der Waals surface area contributed by atoms with Crippen LogP contribution in [-0.2, 0) is 11.4 Å². The minimum Gasteiger partial charge on any atom is -0.382 e. The lowest BCUT2D eigenvalue weighted by atomic mass is 10.0. The summed E-state index contributed by atoms with van der Waals surface area (Å²) < 4.78 is 3.83. The molecule has 0 bridgehead atoms. The van der Waals surface area contributed by atoms with Gasteiger partial charge >= 0.3 is 6.09 Å². The Kier molecular flexibility index (Phi) is 5.72. The topological polar surface area (TPSA) is 107 Å². The van der Waals surface area contributed by atoms with Crippen molar-refractivity contribution in [3.8, 4) is 11.1 Å². The fourth-order valence-electron chi connectivity index (χ4n) is 5.07. The van der Waals surface area contributed by atoms with Crippen molar-refractivity contribution in [3.63, 3.8) is 0 Å². The van der Waals surface area contributed by atoms with Gasteiger partial charge in [0.2, 0.25) is 0 Å². The van der Waals surface area contributed by atoms with E-state index in [4.69, 9.17) is 15.7 Å². The molecule has 0 saturated carbocycles. The number of likely N-dealkylation sites (tertiary alicyclic amines) is 1. The molecule has 1 saturated heterocycles. The average molecular weight is 497 g/mol. The zero-order valence-corrected chi connectivity index (χ0v) is 20.8. The van der Waals surface area contributed by atoms with E-state index in [-0.39, 0.29) is 12.0 Å². The third-order valence-electron chi connectivity index (χ3n) is 6.79. The molecule has 10 nitrogen and oxygen atoms in total. The highest BCUT2D eigenvalue weighted by Crippen LogP contribution is 2.37. The number of fused-ring (bicyclic) bond motifs is 2. The summed E-state index contributed by atoms with van der Waals surface area (Å²) in [6, 6.07) is 18.6. The quantitative estimate of drug-likeness (QED) is 0.369. The summed E-state index contributed by atoms with van der Waals surface area (Å²) >= 11 is 0. The van der Waals surface area contributed by atoms with E-state index in [1.165, 1.54) is 17.0 Å². The lowest BCUT2D eigenvalue weighted by molar-refractivity contribution is -0.0693. The Hall–Kier alpha value is -4.44. The van der Waals surface area contributed by atoms with E-state index < -0.39 is 0 Å². The molecule has 0 aliphatic carbocycles. The number of anilines is 1. The van der Waals surface area contributed by atoms with Crippen molar-refractivity contribution in [2.24, 2.45) is 0 Å². The zero-order valence-electron chi connectivity index (χ0n) is 20.8. The van der Waals surface area contributed by atoms with Gasteiger partial charge < -0.3 is 15.5 Å². The number of hydrogen-bond donors (Lipinski definition) is 1. The van der Waals surface area contributed by atoms with Crippen molar-refractivity contribution < 1.29 is 9.63 Å². The predicted octanol–water partition coefficient (Wildman–Crippen LogP) is 3.78. The molecule has 188 valence electrons. The van der Waals surface area contributed by atoms with Crippen molar-refractivity contribution in [3.05, 3.63) is 78.4 Å². The van der Waals surface area contributed by atoms with E-state index in [0.717, 1.165) is 39.7 Å². The molecule has 1 atom stereocenters. The number of carbonyl (C=O) groups excluding carboxylic acids is 1. The maximum Gasteiger partial charge on any atom is 0.428 e. The Labute approximate surface area is 213 Å². The first-order valence-corrected chi connectivity index (χ1v) is 12.2. The first-order chi connectivity index (χ1) is 18.0. The molecule has 5 aromatic rings. The highest BCUT2D eigenvalue weighted by Gasteiger charge is 2.32. The molecule has 2 N–H and O–H groups in total. The average Bonchev–Trinajstić information content (AvgIpc) is 3.60. The highest BCUT2D eigenvalue weighted by atomic mass is 16.7. The lowest BCUT2D eigenvalue weighted by Crippen LogP contribution is -2.33. The van der Waals surface area contributed by atoms with E-state index in [1.54, 1.807) is 19.0 Å². The van der Waals surface area contributed by atoms with E-state index in [9.17, 15) is 4.79 Å². The van der Waals surface area contributed by atoms with E-state index in [1.807, 2.05) is 27.4 Å². The van der Waals surface area contributed by atoms with Gasteiger partial charge in [-0.2, -0.15) is 10.2 Å².